The lowest BCUT2D eigenvalue weighted by atomic mass is 10.0. The van der Waals surface area contributed by atoms with E-state index in [-0.39, 0.29) is 0 Å². The van der Waals surface area contributed by atoms with Crippen molar-refractivity contribution in [1.29, 1.82) is 0 Å². The van der Waals surface area contributed by atoms with Crippen molar-refractivity contribution in [2.75, 3.05) is 37.8 Å². The Morgan fingerprint density at radius 1 is 1.39 bits per heavy atom. The second-order valence-electron chi connectivity index (χ2n) is 5.54. The van der Waals surface area contributed by atoms with Gasteiger partial charge >= 0.3 is 12.3 Å². The van der Waals surface area contributed by atoms with E-state index in [0.717, 1.165) is 6.42 Å². The molecular weight excluding hydrogens is 314 g/mol. The summed E-state index contributed by atoms with van der Waals surface area (Å²) in [5.41, 5.74) is -0.300. The summed E-state index contributed by atoms with van der Waals surface area (Å²) in [6, 6.07) is 3.99. The number of alkyl halides is 2. The van der Waals surface area contributed by atoms with Crippen molar-refractivity contribution in [2.24, 2.45) is 0 Å². The topological polar surface area (TPSA) is 74.1 Å². The third-order valence-electron chi connectivity index (χ3n) is 4.04. The zero-order valence-electron chi connectivity index (χ0n) is 12.2. The highest BCUT2D eigenvalue weighted by atomic mass is 19.3. The Bertz CT molecular complexity index is 593. The van der Waals surface area contributed by atoms with Gasteiger partial charge in [-0.2, -0.15) is 8.78 Å². The van der Waals surface area contributed by atoms with Crippen LogP contribution in [0.3, 0.4) is 0 Å². The molecule has 9 heteroatoms. The molecule has 0 radical (unpaired) electrons. The lowest BCUT2D eigenvalue weighted by Gasteiger charge is -2.40. The number of ether oxygens (including phenoxy) is 3. The number of rotatable bonds is 4. The molecule has 2 aliphatic rings. The summed E-state index contributed by atoms with van der Waals surface area (Å²) < 4.78 is 40.5. The summed E-state index contributed by atoms with van der Waals surface area (Å²) in [5, 5.41) is 10.9. The van der Waals surface area contributed by atoms with Crippen LogP contribution in [0.1, 0.15) is 6.42 Å². The van der Waals surface area contributed by atoms with Crippen molar-refractivity contribution in [2.45, 2.75) is 18.6 Å². The average Bonchev–Trinajstić information content (AvgIpc) is 2.94. The molecule has 0 amide bonds. The number of nitrogens with zero attached hydrogens (tertiary/aromatic N) is 2. The molecule has 2 aliphatic heterocycles. The van der Waals surface area contributed by atoms with E-state index in [1.165, 1.54) is 18.2 Å². The number of morpholine rings is 1. The summed E-state index contributed by atoms with van der Waals surface area (Å²) in [5.74, 6) is -0.439. The minimum Gasteiger partial charge on any atom is -0.427 e. The summed E-state index contributed by atoms with van der Waals surface area (Å²) in [6.07, 6.45) is 0.761. The molecule has 1 spiro atoms. The third kappa shape index (κ3) is 3.35. The van der Waals surface area contributed by atoms with Crippen LogP contribution in [-0.2, 0) is 9.47 Å². The Balaban J connectivity index is 1.85. The molecule has 0 N–H and O–H groups in total. The molecule has 0 saturated carbocycles. The number of hydrogen-bond donors (Lipinski definition) is 0. The zero-order chi connectivity index (χ0) is 16.4. The van der Waals surface area contributed by atoms with E-state index < -0.39 is 28.6 Å². The standard InChI is InChI=1S/C14H16F2N2O5/c15-13(16)23-12-7-10(1-2-11(12)18(19)20)17-4-6-22-14(8-17)3-5-21-9-14/h1-2,7,13H,3-6,8-9H2. The van der Waals surface area contributed by atoms with Gasteiger partial charge < -0.3 is 19.1 Å². The summed E-state index contributed by atoms with van der Waals surface area (Å²) in [4.78, 5) is 12.1. The molecule has 0 bridgehead atoms. The van der Waals surface area contributed by atoms with Crippen molar-refractivity contribution < 1.29 is 27.9 Å². The van der Waals surface area contributed by atoms with E-state index in [0.29, 0.717) is 38.6 Å². The van der Waals surface area contributed by atoms with E-state index in [4.69, 9.17) is 9.47 Å². The van der Waals surface area contributed by atoms with Gasteiger partial charge in [0.1, 0.15) is 5.60 Å². The maximum absolute atomic E-state index is 12.5. The molecule has 1 aromatic rings. The Morgan fingerprint density at radius 2 is 2.22 bits per heavy atom. The van der Waals surface area contributed by atoms with E-state index in [2.05, 4.69) is 4.74 Å². The number of nitro groups is 1. The maximum Gasteiger partial charge on any atom is 0.387 e. The molecule has 126 valence electrons. The van der Waals surface area contributed by atoms with Crippen molar-refractivity contribution in [1.82, 2.24) is 0 Å². The Kier molecular flexibility index (Phi) is 4.31. The lowest BCUT2D eigenvalue weighted by molar-refractivity contribution is -0.386. The molecule has 0 aromatic heterocycles. The van der Waals surface area contributed by atoms with Crippen LogP contribution in [0.2, 0.25) is 0 Å². The van der Waals surface area contributed by atoms with Gasteiger partial charge in [0.25, 0.3) is 0 Å². The minimum atomic E-state index is -3.12. The smallest absolute Gasteiger partial charge is 0.387 e. The van der Waals surface area contributed by atoms with Crippen molar-refractivity contribution >= 4 is 11.4 Å². The fourth-order valence-electron chi connectivity index (χ4n) is 2.93. The van der Waals surface area contributed by atoms with Gasteiger partial charge in [-0.05, 0) is 6.07 Å². The molecule has 1 unspecified atom stereocenters. The first kappa shape index (κ1) is 15.9. The monoisotopic (exact) mass is 330 g/mol. The Morgan fingerprint density at radius 3 is 2.87 bits per heavy atom. The first-order valence-electron chi connectivity index (χ1n) is 7.19. The van der Waals surface area contributed by atoms with Crippen LogP contribution < -0.4 is 9.64 Å². The molecule has 2 heterocycles. The highest BCUT2D eigenvalue weighted by Gasteiger charge is 2.40. The number of hydrogen-bond acceptors (Lipinski definition) is 6. The zero-order valence-corrected chi connectivity index (χ0v) is 12.2. The van der Waals surface area contributed by atoms with Gasteiger partial charge in [-0.15, -0.1) is 0 Å². The van der Waals surface area contributed by atoms with Gasteiger partial charge in [0.05, 0.1) is 18.1 Å². The van der Waals surface area contributed by atoms with Crippen molar-refractivity contribution in [3.05, 3.63) is 28.3 Å². The predicted molar refractivity (Wildman–Crippen MR) is 76.1 cm³/mol. The van der Waals surface area contributed by atoms with Gasteiger partial charge in [-0.25, -0.2) is 0 Å². The highest BCUT2D eigenvalue weighted by molar-refractivity contribution is 5.59. The molecule has 7 nitrogen and oxygen atoms in total. The lowest BCUT2D eigenvalue weighted by Crippen LogP contribution is -2.52. The Hall–Kier alpha value is -2.00. The van der Waals surface area contributed by atoms with Crippen LogP contribution in [-0.4, -0.2) is 50.0 Å². The summed E-state index contributed by atoms with van der Waals surface area (Å²) >= 11 is 0. The summed E-state index contributed by atoms with van der Waals surface area (Å²) in [6.45, 7) is -0.439. The average molecular weight is 330 g/mol. The van der Waals surface area contributed by atoms with Gasteiger partial charge in [-0.1, -0.05) is 0 Å². The van der Waals surface area contributed by atoms with Gasteiger partial charge in [0.2, 0.25) is 5.75 Å². The maximum atomic E-state index is 12.5. The van der Waals surface area contributed by atoms with Crippen LogP contribution in [0, 0.1) is 10.1 Å². The molecule has 1 aromatic carbocycles. The molecule has 3 rings (SSSR count). The van der Waals surface area contributed by atoms with Crippen molar-refractivity contribution in [3.8, 4) is 5.75 Å². The summed E-state index contributed by atoms with van der Waals surface area (Å²) in [7, 11) is 0. The van der Waals surface area contributed by atoms with Crippen LogP contribution >= 0.6 is 0 Å². The van der Waals surface area contributed by atoms with Crippen LogP contribution in [0.25, 0.3) is 0 Å². The number of anilines is 1. The van der Waals surface area contributed by atoms with E-state index in [1.54, 1.807) is 0 Å². The van der Waals surface area contributed by atoms with Gasteiger partial charge in [0.15, 0.2) is 0 Å². The van der Waals surface area contributed by atoms with Gasteiger partial charge in [-0.3, -0.25) is 10.1 Å². The minimum absolute atomic E-state index is 0.399. The highest BCUT2D eigenvalue weighted by Crippen LogP contribution is 2.35. The van der Waals surface area contributed by atoms with Gasteiger partial charge in [0, 0.05) is 43.9 Å². The molecule has 23 heavy (non-hydrogen) atoms. The second-order valence-corrected chi connectivity index (χ2v) is 5.54. The third-order valence-corrected chi connectivity index (χ3v) is 4.04. The SMILES string of the molecule is O=[N+]([O-])c1ccc(N2CCOC3(CCOC3)C2)cc1OC(F)F. The number of halogens is 2. The van der Waals surface area contributed by atoms with Crippen molar-refractivity contribution in [3.63, 3.8) is 0 Å². The predicted octanol–water partition coefficient (Wildman–Crippen LogP) is 2.19. The number of benzene rings is 1. The quantitative estimate of drug-likeness (QED) is 0.622. The van der Waals surface area contributed by atoms with E-state index in [1.807, 2.05) is 4.90 Å². The Labute approximate surface area is 130 Å². The second kappa shape index (κ2) is 6.25. The first-order chi connectivity index (χ1) is 11.0. The van der Waals surface area contributed by atoms with E-state index >= 15 is 0 Å². The normalized spacial score (nSPS) is 24.4. The molecular formula is C14H16F2N2O5. The van der Waals surface area contributed by atoms with Crippen LogP contribution in [0.15, 0.2) is 18.2 Å². The molecule has 2 fully saturated rings. The van der Waals surface area contributed by atoms with Crippen LogP contribution in [0.4, 0.5) is 20.2 Å². The molecule has 0 aliphatic carbocycles. The molecule has 1 atom stereocenters. The fraction of sp³-hybridized carbons (Fsp3) is 0.571. The molecule has 2 saturated heterocycles. The largest absolute Gasteiger partial charge is 0.427 e. The fourth-order valence-corrected chi connectivity index (χ4v) is 2.93. The van der Waals surface area contributed by atoms with E-state index in [9.17, 15) is 18.9 Å². The first-order valence-corrected chi connectivity index (χ1v) is 7.19. The number of nitro benzene ring substituents is 1. The van der Waals surface area contributed by atoms with Crippen LogP contribution in [0.5, 0.6) is 5.75 Å².